The van der Waals surface area contributed by atoms with Gasteiger partial charge in [0.1, 0.15) is 11.2 Å². The van der Waals surface area contributed by atoms with Gasteiger partial charge in [0.05, 0.1) is 34.4 Å². The highest BCUT2D eigenvalue weighted by atomic mass is 16.3. The van der Waals surface area contributed by atoms with Crippen LogP contribution in [0, 0.1) is 11.3 Å². The van der Waals surface area contributed by atoms with Gasteiger partial charge in [-0.1, -0.05) is 328 Å². The molecule has 19 rings (SSSR count). The molecule has 0 spiro atoms. The lowest BCUT2D eigenvalue weighted by molar-refractivity contribution is 0.669. The maximum absolute atomic E-state index is 9.20. The molecule has 0 N–H and O–H groups in total. The summed E-state index contributed by atoms with van der Waals surface area (Å²) in [4.78, 5) is 49.7. The van der Waals surface area contributed by atoms with Gasteiger partial charge in [0.15, 0.2) is 46.6 Å². The van der Waals surface area contributed by atoms with E-state index in [4.69, 9.17) is 54.3 Å². The van der Waals surface area contributed by atoms with Crippen molar-refractivity contribution in [2.24, 2.45) is 0 Å². The van der Waals surface area contributed by atoms with Crippen LogP contribution in [-0.2, 0) is 0 Å². The predicted octanol–water partition coefficient (Wildman–Crippen LogP) is 24.1. The number of aromatic nitrogens is 10. The van der Waals surface area contributed by atoms with Crippen molar-refractivity contribution in [3.63, 3.8) is 0 Å². The van der Waals surface area contributed by atoms with Crippen molar-refractivity contribution in [1.82, 2.24) is 49.8 Å². The minimum Gasteiger partial charge on any atom is -0.456 e. The molecule has 0 amide bonds. The van der Waals surface area contributed by atoms with Gasteiger partial charge in [-0.25, -0.2) is 49.8 Å². The summed E-state index contributed by atoms with van der Waals surface area (Å²) < 4.78 is 6.21. The highest BCUT2D eigenvalue weighted by Gasteiger charge is 2.19. The van der Waals surface area contributed by atoms with Crippen LogP contribution in [0.4, 0.5) is 0 Å². The number of nitriles is 1. The Bertz CT molecular complexity index is 6470. The van der Waals surface area contributed by atoms with Crippen LogP contribution in [-0.4, -0.2) is 49.8 Å². The number of hydrogen-bond donors (Lipinski definition) is 0. The first kappa shape index (κ1) is 67.4. The molecule has 0 aliphatic rings. The van der Waals surface area contributed by atoms with Crippen LogP contribution >= 0.6 is 0 Å². The second-order valence-electron chi connectivity index (χ2n) is 26.6. The van der Waals surface area contributed by atoms with Gasteiger partial charge in [-0.2, -0.15) is 5.26 Å². The quantitative estimate of drug-likeness (QED) is 0.0955. The molecular formula is C99H63N11O. The normalized spacial score (nSPS) is 11.1. The fourth-order valence-electron chi connectivity index (χ4n) is 13.6. The van der Waals surface area contributed by atoms with Crippen molar-refractivity contribution < 1.29 is 4.42 Å². The van der Waals surface area contributed by atoms with E-state index in [0.29, 0.717) is 52.2 Å². The summed E-state index contributed by atoms with van der Waals surface area (Å²) in [5.41, 5.74) is 23.4. The summed E-state index contributed by atoms with van der Waals surface area (Å²) in [5, 5.41) is 11.3. The fraction of sp³-hybridized carbons (Fsp3) is 0. The Morgan fingerprint density at radius 3 is 0.793 bits per heavy atom. The van der Waals surface area contributed by atoms with Crippen LogP contribution in [0.15, 0.2) is 387 Å². The molecule has 0 atom stereocenters. The first-order chi connectivity index (χ1) is 54.9. The van der Waals surface area contributed by atoms with Gasteiger partial charge < -0.3 is 4.42 Å². The van der Waals surface area contributed by atoms with Crippen molar-refractivity contribution in [3.05, 3.63) is 388 Å². The van der Waals surface area contributed by atoms with Crippen molar-refractivity contribution >= 4 is 21.9 Å². The van der Waals surface area contributed by atoms with Gasteiger partial charge in [-0.3, -0.25) is 0 Å². The Morgan fingerprint density at radius 2 is 0.423 bits per heavy atom. The monoisotopic (exact) mass is 1420 g/mol. The Morgan fingerprint density at radius 1 is 0.171 bits per heavy atom. The van der Waals surface area contributed by atoms with Crippen molar-refractivity contribution in [3.8, 4) is 176 Å². The molecule has 0 unspecified atom stereocenters. The Hall–Kier alpha value is -15.5. The van der Waals surface area contributed by atoms with E-state index in [1.807, 2.05) is 206 Å². The molecule has 5 aromatic heterocycles. The zero-order valence-electron chi connectivity index (χ0n) is 59.7. The lowest BCUT2D eigenvalue weighted by Gasteiger charge is -2.11. The minimum atomic E-state index is 0.581. The zero-order valence-corrected chi connectivity index (χ0v) is 59.7. The smallest absolute Gasteiger partial charge is 0.164 e. The standard InChI is InChI=1S/C50H32N6.C49H31N5O/c51-33-34-19-21-35(22-20-34)36-23-27-41(28-24-36)47-52-45(38-11-4-1-5-12-38)32-46(53-47)44-18-10-17-43(31-44)37-25-29-42(30-26-37)50-55-48(39-13-6-2-7-14-39)54-49(56-50)40-15-8-3-9-16-40;1-4-13-33(14-5-1)42-31-43(51-46(50-42)34-15-6-2-7-16-34)38-20-12-19-37(29-38)32-23-25-36(26-24-32)48-52-47(35-17-8-3-9-18-35)53-49(54-48)39-27-28-41-40-21-10-11-22-44(40)55-45(41)30-39/h1-32H;1-31H. The Kier molecular flexibility index (Phi) is 18.6. The first-order valence-electron chi connectivity index (χ1n) is 36.5. The molecule has 0 aliphatic carbocycles. The second-order valence-corrected chi connectivity index (χ2v) is 26.6. The first-order valence-corrected chi connectivity index (χ1v) is 36.5. The number of furan rings is 1. The molecule has 14 aromatic carbocycles. The van der Waals surface area contributed by atoms with Crippen LogP contribution in [0.25, 0.3) is 191 Å². The van der Waals surface area contributed by atoms with Crippen LogP contribution < -0.4 is 0 Å². The predicted molar refractivity (Wildman–Crippen MR) is 444 cm³/mol. The molecule has 0 saturated heterocycles. The van der Waals surface area contributed by atoms with E-state index in [1.54, 1.807) is 0 Å². The van der Waals surface area contributed by atoms with E-state index < -0.39 is 0 Å². The molecule has 0 bridgehead atoms. The number of fused-ring (bicyclic) bond motifs is 3. The van der Waals surface area contributed by atoms with E-state index >= 15 is 0 Å². The van der Waals surface area contributed by atoms with Crippen LogP contribution in [0.2, 0.25) is 0 Å². The maximum Gasteiger partial charge on any atom is 0.164 e. The summed E-state index contributed by atoms with van der Waals surface area (Å²) in [5.74, 6) is 5.00. The van der Waals surface area contributed by atoms with E-state index in [9.17, 15) is 5.26 Å². The third kappa shape index (κ3) is 14.7. The van der Waals surface area contributed by atoms with Gasteiger partial charge in [0.2, 0.25) is 0 Å². The molecule has 5 heterocycles. The van der Waals surface area contributed by atoms with E-state index in [2.05, 4.69) is 182 Å². The summed E-state index contributed by atoms with van der Waals surface area (Å²) in [6, 6.07) is 131. The molecule has 0 fully saturated rings. The van der Waals surface area contributed by atoms with Gasteiger partial charge in [-0.05, 0) is 88.0 Å². The van der Waals surface area contributed by atoms with Crippen LogP contribution in [0.1, 0.15) is 5.56 Å². The highest BCUT2D eigenvalue weighted by molar-refractivity contribution is 6.05. The van der Waals surface area contributed by atoms with Crippen LogP contribution in [0.3, 0.4) is 0 Å². The molecule has 19 aromatic rings. The Labute approximate surface area is 640 Å². The van der Waals surface area contributed by atoms with Crippen LogP contribution in [0.5, 0.6) is 0 Å². The molecule has 12 nitrogen and oxygen atoms in total. The lowest BCUT2D eigenvalue weighted by atomic mass is 9.99. The van der Waals surface area contributed by atoms with E-state index in [-0.39, 0.29) is 0 Å². The van der Waals surface area contributed by atoms with E-state index in [1.165, 1.54) is 0 Å². The summed E-state index contributed by atoms with van der Waals surface area (Å²) in [7, 11) is 0. The fourth-order valence-corrected chi connectivity index (χ4v) is 13.6. The summed E-state index contributed by atoms with van der Waals surface area (Å²) in [6.07, 6.45) is 0. The largest absolute Gasteiger partial charge is 0.456 e. The Balaban J connectivity index is 0.000000155. The maximum atomic E-state index is 9.20. The molecule has 0 radical (unpaired) electrons. The number of benzene rings is 14. The number of rotatable bonds is 15. The zero-order chi connectivity index (χ0) is 74.2. The molecule has 0 aliphatic heterocycles. The average molecular weight is 1420 g/mol. The average Bonchev–Trinajstić information content (AvgIpc) is 1.76. The third-order valence-corrected chi connectivity index (χ3v) is 19.4. The number of hydrogen-bond acceptors (Lipinski definition) is 12. The molecule has 12 heteroatoms. The molecule has 111 heavy (non-hydrogen) atoms. The third-order valence-electron chi connectivity index (χ3n) is 19.4. The lowest BCUT2D eigenvalue weighted by Crippen LogP contribution is -2.00. The van der Waals surface area contributed by atoms with Crippen molar-refractivity contribution in [2.75, 3.05) is 0 Å². The van der Waals surface area contributed by atoms with Gasteiger partial charge in [-0.15, -0.1) is 0 Å². The highest BCUT2D eigenvalue weighted by Crippen LogP contribution is 2.38. The SMILES string of the molecule is N#Cc1ccc(-c2ccc(-c3nc(-c4ccccc4)cc(-c4cccc(-c5ccc(-c6nc(-c7ccccc7)nc(-c7ccccc7)n6)cc5)c4)n3)cc2)cc1.c1ccc(-c2cc(-c3cccc(-c4ccc(-c5nc(-c6ccccc6)nc(-c6ccc7c(c6)oc6ccccc67)n5)cc4)c3)nc(-c3ccccc3)n2)cc1. The summed E-state index contributed by atoms with van der Waals surface area (Å²) in [6.45, 7) is 0. The van der Waals surface area contributed by atoms with Gasteiger partial charge in [0.25, 0.3) is 0 Å². The molecule has 520 valence electrons. The number of nitrogens with zero attached hydrogens (tertiary/aromatic N) is 11. The second kappa shape index (κ2) is 30.6. The minimum absolute atomic E-state index is 0.581. The van der Waals surface area contributed by atoms with Crippen molar-refractivity contribution in [1.29, 1.82) is 5.26 Å². The number of para-hydroxylation sites is 1. The van der Waals surface area contributed by atoms with Gasteiger partial charge >= 0.3 is 0 Å². The topological polar surface area (TPSA) is 166 Å². The molecular weight excluding hydrogens is 1360 g/mol. The van der Waals surface area contributed by atoms with Crippen molar-refractivity contribution in [2.45, 2.75) is 0 Å². The van der Waals surface area contributed by atoms with Gasteiger partial charge in [0, 0.05) is 77.5 Å². The van der Waals surface area contributed by atoms with E-state index in [0.717, 1.165) is 145 Å². The molecule has 0 saturated carbocycles. The summed E-state index contributed by atoms with van der Waals surface area (Å²) >= 11 is 0.